The molecule has 3 rings (SSSR count). The second-order valence-corrected chi connectivity index (χ2v) is 6.40. The topological polar surface area (TPSA) is 43.4 Å². The van der Waals surface area contributed by atoms with E-state index in [0.717, 1.165) is 0 Å². The van der Waals surface area contributed by atoms with Crippen molar-refractivity contribution in [3.8, 4) is 5.75 Å². The number of hydrogen-bond donors (Lipinski definition) is 0. The molecule has 2 atom stereocenters. The highest BCUT2D eigenvalue weighted by Crippen LogP contribution is 2.46. The van der Waals surface area contributed by atoms with E-state index in [4.69, 9.17) is 27.9 Å². The summed E-state index contributed by atoms with van der Waals surface area (Å²) in [7, 11) is 0. The number of carbonyl (C=O) groups excluding carboxylic acids is 2. The fourth-order valence-electron chi connectivity index (χ4n) is 2.88. The second kappa shape index (κ2) is 6.34. The van der Waals surface area contributed by atoms with E-state index in [1.807, 2.05) is 18.2 Å². The maximum Gasteiger partial charge on any atom is 0.170 e. The van der Waals surface area contributed by atoms with Gasteiger partial charge >= 0.3 is 0 Å². The van der Waals surface area contributed by atoms with Gasteiger partial charge in [-0.2, -0.15) is 0 Å². The minimum atomic E-state index is -0.714. The molecule has 2 aromatic rings. The Balaban J connectivity index is 1.96. The minimum Gasteiger partial charge on any atom is -0.480 e. The smallest absolute Gasteiger partial charge is 0.170 e. The van der Waals surface area contributed by atoms with E-state index >= 15 is 0 Å². The van der Waals surface area contributed by atoms with Gasteiger partial charge in [-0.3, -0.25) is 9.59 Å². The Bertz CT molecular complexity index is 771. The molecule has 0 amide bonds. The van der Waals surface area contributed by atoms with Gasteiger partial charge in [0.2, 0.25) is 0 Å². The molecule has 1 aliphatic heterocycles. The van der Waals surface area contributed by atoms with Crippen molar-refractivity contribution in [3.05, 3.63) is 63.6 Å². The van der Waals surface area contributed by atoms with Crippen LogP contribution < -0.4 is 4.74 Å². The molecule has 0 aromatic heterocycles. The number of halogens is 2. The van der Waals surface area contributed by atoms with Crippen molar-refractivity contribution < 1.29 is 14.3 Å². The average molecular weight is 349 g/mol. The maximum absolute atomic E-state index is 12.5. The van der Waals surface area contributed by atoms with Gasteiger partial charge in [-0.05, 0) is 19.1 Å². The first-order chi connectivity index (χ1) is 11.0. The molecule has 3 nitrogen and oxygen atoms in total. The molecule has 0 N–H and O–H groups in total. The molecule has 0 unspecified atom stereocenters. The second-order valence-electron chi connectivity index (χ2n) is 5.55. The first-order valence-electron chi connectivity index (χ1n) is 7.21. The van der Waals surface area contributed by atoms with Crippen LogP contribution in [-0.4, -0.2) is 17.7 Å². The lowest BCUT2D eigenvalue weighted by molar-refractivity contribution is -0.123. The van der Waals surface area contributed by atoms with Crippen molar-refractivity contribution in [1.29, 1.82) is 0 Å². The first kappa shape index (κ1) is 16.0. The highest BCUT2D eigenvalue weighted by atomic mass is 35.5. The summed E-state index contributed by atoms with van der Waals surface area (Å²) in [6, 6.07) is 12.3. The molecule has 0 saturated heterocycles. The fourth-order valence-corrected chi connectivity index (χ4v) is 3.43. The van der Waals surface area contributed by atoms with Crippen LogP contribution in [0.15, 0.2) is 42.5 Å². The zero-order chi connectivity index (χ0) is 16.6. The van der Waals surface area contributed by atoms with E-state index in [9.17, 15) is 9.59 Å². The number of hydrogen-bond acceptors (Lipinski definition) is 3. The summed E-state index contributed by atoms with van der Waals surface area (Å²) in [6.07, 6.45) is -0.550. The number of fused-ring (bicyclic) bond motifs is 1. The molecule has 0 saturated carbocycles. The SMILES string of the molecule is CC(=O)[C@H]1Oc2c(Cl)cc(Cl)cc2[C@@H]1CC(=O)c1ccccc1. The van der Waals surface area contributed by atoms with E-state index in [2.05, 4.69) is 0 Å². The third-order valence-electron chi connectivity index (χ3n) is 3.95. The van der Waals surface area contributed by atoms with E-state index < -0.39 is 6.10 Å². The number of rotatable bonds is 4. The summed E-state index contributed by atoms with van der Waals surface area (Å²) in [6.45, 7) is 1.45. The van der Waals surface area contributed by atoms with Crippen molar-refractivity contribution >= 4 is 34.8 Å². The van der Waals surface area contributed by atoms with Crippen molar-refractivity contribution in [3.63, 3.8) is 0 Å². The fraction of sp³-hybridized carbons (Fsp3) is 0.222. The van der Waals surface area contributed by atoms with Gasteiger partial charge in [0.15, 0.2) is 17.7 Å². The Morgan fingerprint density at radius 2 is 1.83 bits per heavy atom. The summed E-state index contributed by atoms with van der Waals surface area (Å²) in [5, 5.41) is 0.812. The lowest BCUT2D eigenvalue weighted by Gasteiger charge is -2.15. The maximum atomic E-state index is 12.5. The molecule has 0 spiro atoms. The molecule has 0 radical (unpaired) electrons. The predicted molar refractivity (Wildman–Crippen MR) is 89.7 cm³/mol. The minimum absolute atomic E-state index is 0.0469. The summed E-state index contributed by atoms with van der Waals surface area (Å²) >= 11 is 12.2. The van der Waals surface area contributed by atoms with Crippen molar-refractivity contribution in [2.45, 2.75) is 25.4 Å². The summed E-state index contributed by atoms with van der Waals surface area (Å²) in [5.74, 6) is -0.123. The van der Waals surface area contributed by atoms with Crippen molar-refractivity contribution in [2.24, 2.45) is 0 Å². The van der Waals surface area contributed by atoms with Gasteiger partial charge < -0.3 is 4.74 Å². The van der Waals surface area contributed by atoms with Crippen LogP contribution in [0.1, 0.15) is 35.2 Å². The molecule has 1 heterocycles. The molecule has 0 aliphatic carbocycles. The Morgan fingerprint density at radius 3 is 2.48 bits per heavy atom. The van der Waals surface area contributed by atoms with Crippen LogP contribution in [0.25, 0.3) is 0 Å². The van der Waals surface area contributed by atoms with Crippen LogP contribution in [0.2, 0.25) is 10.0 Å². The summed E-state index contributed by atoms with van der Waals surface area (Å²) < 4.78 is 5.71. The summed E-state index contributed by atoms with van der Waals surface area (Å²) in [5.41, 5.74) is 1.32. The quantitative estimate of drug-likeness (QED) is 0.752. The van der Waals surface area contributed by atoms with Gasteiger partial charge in [-0.15, -0.1) is 0 Å². The third-order valence-corrected chi connectivity index (χ3v) is 4.45. The summed E-state index contributed by atoms with van der Waals surface area (Å²) in [4.78, 5) is 24.4. The zero-order valence-electron chi connectivity index (χ0n) is 12.4. The third kappa shape index (κ3) is 3.12. The molecule has 2 aromatic carbocycles. The number of benzene rings is 2. The van der Waals surface area contributed by atoms with Crippen LogP contribution in [-0.2, 0) is 4.79 Å². The number of ether oxygens (including phenoxy) is 1. The standard InChI is InChI=1S/C18H14Cl2O3/c1-10(21)17-14(9-16(22)11-5-3-2-4-6-11)13-7-12(19)8-15(20)18(13)23-17/h2-8,14,17H,9H2,1H3/t14-,17+/m0/s1. The number of ketones is 2. The Morgan fingerprint density at radius 1 is 1.13 bits per heavy atom. The molecule has 0 fully saturated rings. The molecule has 1 aliphatic rings. The molecule has 23 heavy (non-hydrogen) atoms. The van der Waals surface area contributed by atoms with E-state index in [0.29, 0.717) is 26.9 Å². The number of Topliss-reactive ketones (excluding diaryl/α,β-unsaturated/α-hetero) is 2. The lowest BCUT2D eigenvalue weighted by Crippen LogP contribution is -2.28. The van der Waals surface area contributed by atoms with Crippen LogP contribution >= 0.6 is 23.2 Å². The molecule has 118 valence electrons. The van der Waals surface area contributed by atoms with Crippen LogP contribution in [0.3, 0.4) is 0 Å². The van der Waals surface area contributed by atoms with E-state index in [1.165, 1.54) is 6.92 Å². The van der Waals surface area contributed by atoms with Gasteiger partial charge in [0.25, 0.3) is 0 Å². The van der Waals surface area contributed by atoms with Crippen molar-refractivity contribution in [2.75, 3.05) is 0 Å². The van der Waals surface area contributed by atoms with Gasteiger partial charge in [-0.1, -0.05) is 53.5 Å². The molecular formula is C18H14Cl2O3. The van der Waals surface area contributed by atoms with Gasteiger partial charge in [0, 0.05) is 28.5 Å². The molecule has 5 heteroatoms. The first-order valence-corrected chi connectivity index (χ1v) is 7.97. The molecule has 0 bridgehead atoms. The largest absolute Gasteiger partial charge is 0.480 e. The number of carbonyl (C=O) groups is 2. The van der Waals surface area contributed by atoms with Crippen LogP contribution in [0.5, 0.6) is 5.75 Å². The lowest BCUT2D eigenvalue weighted by atomic mass is 9.87. The van der Waals surface area contributed by atoms with Crippen LogP contribution in [0, 0.1) is 0 Å². The Labute approximate surface area is 144 Å². The zero-order valence-corrected chi connectivity index (χ0v) is 13.9. The predicted octanol–water partition coefficient (Wildman–Crippen LogP) is 4.70. The van der Waals surface area contributed by atoms with Gasteiger partial charge in [0.1, 0.15) is 5.75 Å². The Hall–Kier alpha value is -1.84. The highest BCUT2D eigenvalue weighted by Gasteiger charge is 2.40. The van der Waals surface area contributed by atoms with Gasteiger partial charge in [0.05, 0.1) is 5.02 Å². The normalized spacial score (nSPS) is 19.1. The van der Waals surface area contributed by atoms with Crippen LogP contribution in [0.4, 0.5) is 0 Å². The van der Waals surface area contributed by atoms with E-state index in [-0.39, 0.29) is 23.9 Å². The van der Waals surface area contributed by atoms with E-state index in [1.54, 1.807) is 24.3 Å². The van der Waals surface area contributed by atoms with Gasteiger partial charge in [-0.25, -0.2) is 0 Å². The monoisotopic (exact) mass is 348 g/mol. The highest BCUT2D eigenvalue weighted by molar-refractivity contribution is 6.35. The average Bonchev–Trinajstić information content (AvgIpc) is 2.87. The van der Waals surface area contributed by atoms with Crippen molar-refractivity contribution in [1.82, 2.24) is 0 Å². The Kier molecular flexibility index (Phi) is 4.42. The molecular weight excluding hydrogens is 335 g/mol.